The van der Waals surface area contributed by atoms with Gasteiger partial charge in [-0.2, -0.15) is 0 Å². The first-order valence-electron chi connectivity index (χ1n) is 9.05. The molecule has 3 N–H and O–H groups in total. The van der Waals surface area contributed by atoms with Crippen LogP contribution in [0.25, 0.3) is 0 Å². The van der Waals surface area contributed by atoms with Crippen LogP contribution in [0.5, 0.6) is 0 Å². The minimum Gasteiger partial charge on any atom is -0.332 e. The molecule has 0 aliphatic heterocycles. The number of halogens is 2. The number of aromatic nitrogens is 2. The number of hydrogen-bond donors (Lipinski definition) is 3. The maximum Gasteiger partial charge on any atom is 0.264 e. The van der Waals surface area contributed by atoms with Gasteiger partial charge in [-0.1, -0.05) is 23.2 Å². The summed E-state index contributed by atoms with van der Waals surface area (Å²) in [6.45, 7) is 3.49. The summed E-state index contributed by atoms with van der Waals surface area (Å²) in [6, 6.07) is 11.9. The van der Waals surface area contributed by atoms with Crippen molar-refractivity contribution in [3.8, 4) is 0 Å². The molecule has 0 atom stereocenters. The van der Waals surface area contributed by atoms with Gasteiger partial charge in [0, 0.05) is 32.7 Å². The van der Waals surface area contributed by atoms with Crippen LogP contribution in [0.15, 0.2) is 53.4 Å². The first kappa shape index (κ1) is 23.9. The van der Waals surface area contributed by atoms with Crippen molar-refractivity contribution in [2.45, 2.75) is 18.7 Å². The molecular formula is C20H17Cl2N5O3S2. The third kappa shape index (κ3) is 6.36. The monoisotopic (exact) mass is 509 g/mol. The van der Waals surface area contributed by atoms with Crippen LogP contribution >= 0.6 is 35.4 Å². The molecule has 0 aliphatic rings. The second kappa shape index (κ2) is 9.78. The number of carbonyl (C=O) groups is 1. The zero-order valence-corrected chi connectivity index (χ0v) is 20.0. The molecule has 0 radical (unpaired) electrons. The molecule has 1 heterocycles. The summed E-state index contributed by atoms with van der Waals surface area (Å²) in [5.41, 5.74) is 2.00. The summed E-state index contributed by atoms with van der Waals surface area (Å²) in [4.78, 5) is 20.5. The highest BCUT2D eigenvalue weighted by molar-refractivity contribution is 7.92. The fraction of sp³-hybridized carbons (Fsp3) is 0.100. The molecule has 0 bridgehead atoms. The number of nitrogens with one attached hydrogen (secondary N) is 3. The van der Waals surface area contributed by atoms with E-state index in [-0.39, 0.29) is 21.5 Å². The number of benzene rings is 2. The zero-order chi connectivity index (χ0) is 23.5. The average molecular weight is 510 g/mol. The van der Waals surface area contributed by atoms with Gasteiger partial charge in [-0.05, 0) is 74.6 Å². The molecule has 2 aromatic carbocycles. The van der Waals surface area contributed by atoms with E-state index in [1.54, 1.807) is 19.9 Å². The molecule has 166 valence electrons. The number of anilines is 2. The van der Waals surface area contributed by atoms with Gasteiger partial charge in [0.1, 0.15) is 0 Å². The Morgan fingerprint density at radius 1 is 0.938 bits per heavy atom. The smallest absolute Gasteiger partial charge is 0.264 e. The van der Waals surface area contributed by atoms with Gasteiger partial charge >= 0.3 is 0 Å². The standard InChI is InChI=1S/C20H17Cl2N5O3S2/c1-11-7-12(2)24-19(23-11)27-32(29,30)17-5-3-16(4-6-17)25-20(31)26-18(28)13-8-14(21)10-15(22)9-13/h3-10H,1-2H3,(H,23,24,27)(H2,25,26,28,31). The van der Waals surface area contributed by atoms with Crippen LogP contribution in [0, 0.1) is 13.8 Å². The molecular weight excluding hydrogens is 493 g/mol. The topological polar surface area (TPSA) is 113 Å². The molecule has 0 saturated carbocycles. The van der Waals surface area contributed by atoms with Gasteiger partial charge in [0.2, 0.25) is 5.95 Å². The predicted octanol–water partition coefficient (Wildman–Crippen LogP) is 4.33. The lowest BCUT2D eigenvalue weighted by molar-refractivity contribution is 0.0977. The van der Waals surface area contributed by atoms with Gasteiger partial charge in [0.15, 0.2) is 5.11 Å². The van der Waals surface area contributed by atoms with E-state index < -0.39 is 15.9 Å². The molecule has 32 heavy (non-hydrogen) atoms. The van der Waals surface area contributed by atoms with Gasteiger partial charge in [-0.15, -0.1) is 0 Å². The first-order chi connectivity index (χ1) is 15.0. The minimum atomic E-state index is -3.89. The number of thiocarbonyl (C=S) groups is 1. The van der Waals surface area contributed by atoms with E-state index in [9.17, 15) is 13.2 Å². The van der Waals surface area contributed by atoms with Crippen molar-refractivity contribution in [1.29, 1.82) is 0 Å². The highest BCUT2D eigenvalue weighted by Gasteiger charge is 2.16. The summed E-state index contributed by atoms with van der Waals surface area (Å²) in [5.74, 6) is -0.501. The van der Waals surface area contributed by atoms with Crippen LogP contribution in [-0.4, -0.2) is 29.4 Å². The summed E-state index contributed by atoms with van der Waals surface area (Å²) in [7, 11) is -3.89. The first-order valence-corrected chi connectivity index (χ1v) is 11.7. The Morgan fingerprint density at radius 2 is 1.50 bits per heavy atom. The third-order valence-electron chi connectivity index (χ3n) is 3.98. The molecule has 12 heteroatoms. The highest BCUT2D eigenvalue weighted by Crippen LogP contribution is 2.19. The summed E-state index contributed by atoms with van der Waals surface area (Å²) >= 11 is 16.9. The normalized spacial score (nSPS) is 11.0. The molecule has 0 unspecified atom stereocenters. The van der Waals surface area contributed by atoms with E-state index in [0.717, 1.165) is 0 Å². The van der Waals surface area contributed by atoms with Gasteiger partial charge in [0.25, 0.3) is 15.9 Å². The number of amides is 1. The maximum absolute atomic E-state index is 12.6. The van der Waals surface area contributed by atoms with Crippen LogP contribution < -0.4 is 15.4 Å². The number of sulfonamides is 1. The lowest BCUT2D eigenvalue weighted by atomic mass is 10.2. The lowest BCUT2D eigenvalue weighted by Gasteiger charge is -2.11. The van der Waals surface area contributed by atoms with Crippen molar-refractivity contribution in [2.75, 3.05) is 10.0 Å². The van der Waals surface area contributed by atoms with Gasteiger partial charge in [0.05, 0.1) is 4.90 Å². The third-order valence-corrected chi connectivity index (χ3v) is 5.97. The van der Waals surface area contributed by atoms with E-state index >= 15 is 0 Å². The van der Waals surface area contributed by atoms with Gasteiger partial charge < -0.3 is 5.32 Å². The minimum absolute atomic E-state index is 0.00490. The summed E-state index contributed by atoms with van der Waals surface area (Å²) in [6.07, 6.45) is 0. The van der Waals surface area contributed by atoms with Crippen molar-refractivity contribution < 1.29 is 13.2 Å². The Kier molecular flexibility index (Phi) is 7.29. The Morgan fingerprint density at radius 3 is 2.06 bits per heavy atom. The van der Waals surface area contributed by atoms with Crippen molar-refractivity contribution in [3.05, 3.63) is 75.5 Å². The molecule has 3 rings (SSSR count). The fourth-order valence-electron chi connectivity index (χ4n) is 2.69. The SMILES string of the molecule is Cc1cc(C)nc(NS(=O)(=O)c2ccc(NC(=S)NC(=O)c3cc(Cl)cc(Cl)c3)cc2)n1. The van der Waals surface area contributed by atoms with Crippen LogP contribution in [0.1, 0.15) is 21.7 Å². The van der Waals surface area contributed by atoms with Gasteiger partial charge in [-0.3, -0.25) is 10.1 Å². The predicted molar refractivity (Wildman–Crippen MR) is 129 cm³/mol. The lowest BCUT2D eigenvalue weighted by Crippen LogP contribution is -2.34. The second-order valence-electron chi connectivity index (χ2n) is 6.67. The van der Waals surface area contributed by atoms with E-state index in [0.29, 0.717) is 27.1 Å². The molecule has 0 saturated heterocycles. The van der Waals surface area contributed by atoms with E-state index in [1.165, 1.54) is 42.5 Å². The Bertz CT molecular complexity index is 1260. The molecule has 0 fully saturated rings. The summed E-state index contributed by atoms with van der Waals surface area (Å²) in [5, 5.41) is 5.97. The van der Waals surface area contributed by atoms with E-state index in [4.69, 9.17) is 35.4 Å². The van der Waals surface area contributed by atoms with Crippen molar-refractivity contribution in [3.63, 3.8) is 0 Å². The quantitative estimate of drug-likeness (QED) is 0.438. The van der Waals surface area contributed by atoms with E-state index in [2.05, 4.69) is 25.3 Å². The number of rotatable bonds is 5. The van der Waals surface area contributed by atoms with Crippen LogP contribution in [0.4, 0.5) is 11.6 Å². The Balaban J connectivity index is 1.65. The van der Waals surface area contributed by atoms with Crippen LogP contribution in [0.2, 0.25) is 10.0 Å². The maximum atomic E-state index is 12.6. The molecule has 0 spiro atoms. The van der Waals surface area contributed by atoms with Crippen molar-refractivity contribution in [1.82, 2.24) is 15.3 Å². The van der Waals surface area contributed by atoms with Gasteiger partial charge in [-0.25, -0.2) is 23.1 Å². The molecule has 1 aromatic heterocycles. The van der Waals surface area contributed by atoms with Crippen molar-refractivity contribution in [2.24, 2.45) is 0 Å². The van der Waals surface area contributed by atoms with E-state index in [1.807, 2.05) is 0 Å². The zero-order valence-electron chi connectivity index (χ0n) is 16.8. The highest BCUT2D eigenvalue weighted by atomic mass is 35.5. The number of carbonyl (C=O) groups excluding carboxylic acids is 1. The van der Waals surface area contributed by atoms with Crippen molar-refractivity contribution >= 4 is 68.1 Å². The summed E-state index contributed by atoms with van der Waals surface area (Å²) < 4.78 is 27.6. The molecule has 0 aliphatic carbocycles. The van der Waals surface area contributed by atoms with Crippen LogP contribution in [-0.2, 0) is 10.0 Å². The average Bonchev–Trinajstić information content (AvgIpc) is 2.66. The Hall–Kier alpha value is -2.79. The van der Waals surface area contributed by atoms with Crippen LogP contribution in [0.3, 0.4) is 0 Å². The molecule has 1 amide bonds. The number of nitrogens with zero attached hydrogens (tertiary/aromatic N) is 2. The number of aryl methyl sites for hydroxylation is 2. The number of hydrogen-bond acceptors (Lipinski definition) is 6. The Labute approximate surface area is 200 Å². The molecule has 3 aromatic rings. The second-order valence-corrected chi connectivity index (χ2v) is 9.63. The molecule has 8 nitrogen and oxygen atoms in total. The largest absolute Gasteiger partial charge is 0.332 e. The fourth-order valence-corrected chi connectivity index (χ4v) is 4.37.